The van der Waals surface area contributed by atoms with E-state index in [-0.39, 0.29) is 23.7 Å². The number of aromatic nitrogens is 8. The van der Waals surface area contributed by atoms with E-state index >= 15 is 0 Å². The molecule has 2 aromatic carbocycles. The second-order valence-corrected chi connectivity index (χ2v) is 10.5. The van der Waals surface area contributed by atoms with Crippen molar-refractivity contribution in [1.29, 1.82) is 0 Å². The van der Waals surface area contributed by atoms with Crippen molar-refractivity contribution >= 4 is 39.9 Å². The van der Waals surface area contributed by atoms with Gasteiger partial charge in [0.05, 0.1) is 11.1 Å². The fourth-order valence-corrected chi connectivity index (χ4v) is 5.76. The zero-order valence-corrected chi connectivity index (χ0v) is 22.7. The van der Waals surface area contributed by atoms with Crippen LogP contribution in [0.25, 0.3) is 33.5 Å². The highest BCUT2D eigenvalue weighted by atomic mass is 32.2. The highest BCUT2D eigenvalue weighted by molar-refractivity contribution is 7.99. The molecule has 0 atom stereocenters. The summed E-state index contributed by atoms with van der Waals surface area (Å²) in [6.07, 6.45) is 4.73. The molecule has 12 nitrogen and oxygen atoms in total. The summed E-state index contributed by atoms with van der Waals surface area (Å²) in [4.78, 5) is 28.5. The maximum atomic E-state index is 14.2. The van der Waals surface area contributed by atoms with E-state index in [0.717, 1.165) is 9.79 Å². The second kappa shape index (κ2) is 10.1. The average Bonchev–Trinajstić information content (AvgIpc) is 3.57. The first-order valence-corrected chi connectivity index (χ1v) is 13.6. The van der Waals surface area contributed by atoms with Crippen LogP contribution in [0.4, 0.5) is 11.6 Å². The lowest BCUT2D eigenvalue weighted by atomic mass is 10.1. The molecule has 0 spiro atoms. The van der Waals surface area contributed by atoms with Gasteiger partial charge in [-0.3, -0.25) is 9.36 Å². The fraction of sp³-hybridized carbons (Fsp3) is 0.0345. The molecular weight excluding hydrogens is 552 g/mol. The van der Waals surface area contributed by atoms with E-state index in [1.54, 1.807) is 62.6 Å². The molecule has 0 aliphatic rings. The Kier molecular flexibility index (Phi) is 6.05. The summed E-state index contributed by atoms with van der Waals surface area (Å²) in [5.41, 5.74) is 14.8. The van der Waals surface area contributed by atoms with Crippen LogP contribution in [0.15, 0.2) is 106 Å². The Hall–Kier alpha value is -5.69. The van der Waals surface area contributed by atoms with Crippen molar-refractivity contribution < 1.29 is 5.11 Å². The van der Waals surface area contributed by atoms with Crippen LogP contribution in [0.2, 0.25) is 0 Å². The number of para-hydroxylation sites is 1. The van der Waals surface area contributed by atoms with Gasteiger partial charge in [0.25, 0.3) is 5.56 Å². The van der Waals surface area contributed by atoms with Crippen LogP contribution in [0, 0.1) is 0 Å². The standard InChI is InChI=1S/C29H22N10O2S/c30-22-14-17(10-12-32-22)25-24-27(31)33-16-34-28(24)38(36-25)15-23-35-37-13-11-21(42-20-8-6-19(40)7-9-20)26(37)29(41)39(23)18-4-2-1-3-5-18/h1-14,16,40H,15H2,(H2,30,32)(H2,31,33,34). The summed E-state index contributed by atoms with van der Waals surface area (Å²) in [5, 5.41) is 19.9. The zero-order valence-electron chi connectivity index (χ0n) is 21.9. The maximum absolute atomic E-state index is 14.2. The van der Waals surface area contributed by atoms with Crippen LogP contribution < -0.4 is 17.0 Å². The minimum atomic E-state index is -0.245. The maximum Gasteiger partial charge on any atom is 0.283 e. The smallest absolute Gasteiger partial charge is 0.283 e. The van der Waals surface area contributed by atoms with Gasteiger partial charge in [0.15, 0.2) is 11.5 Å². The normalized spacial score (nSPS) is 11.4. The van der Waals surface area contributed by atoms with E-state index in [1.807, 2.05) is 36.4 Å². The van der Waals surface area contributed by atoms with E-state index in [4.69, 9.17) is 21.7 Å². The summed E-state index contributed by atoms with van der Waals surface area (Å²) in [7, 11) is 0. The number of phenols is 1. The number of nitrogen functional groups attached to an aromatic ring is 2. The molecular formula is C29H22N10O2S. The number of nitrogens with two attached hydrogens (primary N) is 2. The van der Waals surface area contributed by atoms with Crippen molar-refractivity contribution in [2.24, 2.45) is 0 Å². The molecule has 0 saturated heterocycles. The lowest BCUT2D eigenvalue weighted by Crippen LogP contribution is -2.28. The van der Waals surface area contributed by atoms with Crippen molar-refractivity contribution in [3.8, 4) is 22.7 Å². The van der Waals surface area contributed by atoms with Gasteiger partial charge in [0.1, 0.15) is 41.5 Å². The molecule has 5 heterocycles. The first kappa shape index (κ1) is 25.3. The zero-order chi connectivity index (χ0) is 28.8. The Morgan fingerprint density at radius 2 is 1.71 bits per heavy atom. The van der Waals surface area contributed by atoms with Crippen molar-refractivity contribution in [1.82, 2.24) is 38.9 Å². The van der Waals surface area contributed by atoms with E-state index in [0.29, 0.717) is 45.1 Å². The Labute approximate surface area is 241 Å². The van der Waals surface area contributed by atoms with Gasteiger partial charge >= 0.3 is 0 Å². The molecule has 0 fully saturated rings. The summed E-state index contributed by atoms with van der Waals surface area (Å²) in [6, 6.07) is 21.5. The first-order chi connectivity index (χ1) is 20.5. The Morgan fingerprint density at radius 1 is 0.905 bits per heavy atom. The summed E-state index contributed by atoms with van der Waals surface area (Å²) >= 11 is 1.42. The third-order valence-electron chi connectivity index (χ3n) is 6.70. The Bertz CT molecular complexity index is 2150. The number of benzene rings is 2. The average molecular weight is 575 g/mol. The number of aromatic hydroxyl groups is 1. The third-order valence-corrected chi connectivity index (χ3v) is 7.76. The molecule has 5 aromatic heterocycles. The van der Waals surface area contributed by atoms with Crippen LogP contribution in [0.5, 0.6) is 5.75 Å². The monoisotopic (exact) mass is 574 g/mol. The molecule has 0 aliphatic heterocycles. The van der Waals surface area contributed by atoms with E-state index in [2.05, 4.69) is 15.0 Å². The molecule has 0 saturated carbocycles. The molecule has 206 valence electrons. The number of rotatable bonds is 6. The quantitative estimate of drug-likeness (QED) is 0.266. The molecule has 0 unspecified atom stereocenters. The molecule has 13 heteroatoms. The molecule has 0 amide bonds. The minimum Gasteiger partial charge on any atom is -0.508 e. The summed E-state index contributed by atoms with van der Waals surface area (Å²) < 4.78 is 4.82. The van der Waals surface area contributed by atoms with E-state index < -0.39 is 0 Å². The number of hydrogen-bond donors (Lipinski definition) is 3. The van der Waals surface area contributed by atoms with Crippen LogP contribution in [0.1, 0.15) is 5.82 Å². The van der Waals surface area contributed by atoms with Crippen molar-refractivity contribution in [2.75, 3.05) is 11.5 Å². The number of fused-ring (bicyclic) bond motifs is 2. The van der Waals surface area contributed by atoms with Gasteiger partial charge in [-0.05, 0) is 54.6 Å². The number of phenolic OH excluding ortho intramolecular Hbond substituents is 1. The number of pyridine rings is 1. The van der Waals surface area contributed by atoms with Gasteiger partial charge < -0.3 is 16.6 Å². The predicted molar refractivity (Wildman–Crippen MR) is 159 cm³/mol. The molecule has 0 radical (unpaired) electrons. The number of hydrogen-bond acceptors (Lipinski definition) is 10. The highest BCUT2D eigenvalue weighted by Gasteiger charge is 2.22. The number of nitrogens with zero attached hydrogens (tertiary/aromatic N) is 8. The van der Waals surface area contributed by atoms with Crippen molar-refractivity contribution in [3.05, 3.63) is 108 Å². The highest BCUT2D eigenvalue weighted by Crippen LogP contribution is 2.33. The van der Waals surface area contributed by atoms with Gasteiger partial charge in [-0.2, -0.15) is 10.2 Å². The summed E-state index contributed by atoms with van der Waals surface area (Å²) in [6.45, 7) is 0.103. The van der Waals surface area contributed by atoms with Crippen LogP contribution in [-0.2, 0) is 6.54 Å². The van der Waals surface area contributed by atoms with E-state index in [9.17, 15) is 9.90 Å². The van der Waals surface area contributed by atoms with Crippen LogP contribution in [-0.4, -0.2) is 44.0 Å². The van der Waals surface area contributed by atoms with Gasteiger partial charge in [-0.15, -0.1) is 0 Å². The topological polar surface area (TPSA) is 168 Å². The molecule has 7 aromatic rings. The minimum absolute atomic E-state index is 0.103. The number of anilines is 2. The molecule has 42 heavy (non-hydrogen) atoms. The lowest BCUT2D eigenvalue weighted by molar-refractivity contribution is 0.475. The van der Waals surface area contributed by atoms with E-state index in [1.165, 1.54) is 18.1 Å². The summed E-state index contributed by atoms with van der Waals surface area (Å²) in [5.74, 6) is 1.21. The van der Waals surface area contributed by atoms with Gasteiger partial charge in [-0.1, -0.05) is 30.0 Å². The van der Waals surface area contributed by atoms with Crippen molar-refractivity contribution in [3.63, 3.8) is 0 Å². The van der Waals surface area contributed by atoms with Gasteiger partial charge in [0.2, 0.25) is 0 Å². The Morgan fingerprint density at radius 3 is 2.50 bits per heavy atom. The second-order valence-electron chi connectivity index (χ2n) is 9.39. The fourth-order valence-electron chi connectivity index (χ4n) is 4.83. The SMILES string of the molecule is Nc1cc(-c2nn(Cc3nn4ccc(Sc5ccc(O)cc5)c4c(=O)n3-c3ccccc3)c3ncnc(N)c23)ccn1. The largest absolute Gasteiger partial charge is 0.508 e. The molecule has 7 rings (SSSR count). The van der Waals surface area contributed by atoms with Crippen molar-refractivity contribution in [2.45, 2.75) is 16.3 Å². The molecule has 0 aliphatic carbocycles. The molecule has 0 bridgehead atoms. The van der Waals surface area contributed by atoms with Gasteiger partial charge in [-0.25, -0.2) is 24.1 Å². The van der Waals surface area contributed by atoms with Crippen LogP contribution in [0.3, 0.4) is 0 Å². The lowest BCUT2D eigenvalue weighted by Gasteiger charge is -2.14. The third kappa shape index (κ3) is 4.37. The predicted octanol–water partition coefficient (Wildman–Crippen LogP) is 3.76. The van der Waals surface area contributed by atoms with Gasteiger partial charge in [0, 0.05) is 27.7 Å². The molecule has 5 N–H and O–H groups in total. The van der Waals surface area contributed by atoms with Crippen LogP contribution >= 0.6 is 11.8 Å². The Balaban J connectivity index is 1.41. The first-order valence-electron chi connectivity index (χ1n) is 12.8.